The van der Waals surface area contributed by atoms with Crippen molar-refractivity contribution in [3.8, 4) is 34.2 Å². The molecule has 2 aromatic carbocycles. The van der Waals surface area contributed by atoms with Gasteiger partial charge in [0.05, 0.1) is 23.9 Å². The Kier molecular flexibility index (Phi) is 8.59. The highest BCUT2D eigenvalue weighted by atomic mass is 19.1. The van der Waals surface area contributed by atoms with E-state index in [2.05, 4.69) is 26.8 Å². The van der Waals surface area contributed by atoms with Crippen LogP contribution in [0, 0.1) is 29.0 Å². The van der Waals surface area contributed by atoms with Gasteiger partial charge in [0, 0.05) is 12.6 Å². The van der Waals surface area contributed by atoms with E-state index in [1.165, 1.54) is 16.7 Å². The predicted octanol–water partition coefficient (Wildman–Crippen LogP) is 6.61. The number of rotatable bonds is 9. The van der Waals surface area contributed by atoms with Crippen molar-refractivity contribution in [1.29, 1.82) is 5.26 Å². The first kappa shape index (κ1) is 25.9. The molecule has 0 aliphatic heterocycles. The quantitative estimate of drug-likeness (QED) is 0.351. The van der Waals surface area contributed by atoms with Crippen LogP contribution in [0.1, 0.15) is 51.4 Å². The molecule has 1 unspecified atom stereocenters. The Bertz CT molecular complexity index is 1300. The van der Waals surface area contributed by atoms with E-state index in [0.29, 0.717) is 45.8 Å². The van der Waals surface area contributed by atoms with E-state index in [1.54, 1.807) is 44.5 Å². The molecule has 0 saturated heterocycles. The van der Waals surface area contributed by atoms with Crippen molar-refractivity contribution >= 4 is 6.08 Å². The molecule has 5 nitrogen and oxygen atoms in total. The van der Waals surface area contributed by atoms with Gasteiger partial charge in [-0.05, 0) is 60.6 Å². The van der Waals surface area contributed by atoms with E-state index in [9.17, 15) is 9.18 Å². The summed E-state index contributed by atoms with van der Waals surface area (Å²) in [7, 11) is 3.27. The number of benzene rings is 2. The molecule has 0 aliphatic carbocycles. The first-order chi connectivity index (χ1) is 16.8. The maximum atomic E-state index is 14.5. The second-order valence-electron chi connectivity index (χ2n) is 9.09. The maximum Gasteiger partial charge on any atom is 0.262 e. The number of halogens is 1. The van der Waals surface area contributed by atoms with Gasteiger partial charge in [-0.25, -0.2) is 9.37 Å². The van der Waals surface area contributed by atoms with Crippen LogP contribution in [0.15, 0.2) is 53.3 Å². The first-order valence-corrected chi connectivity index (χ1v) is 11.9. The Morgan fingerprint density at radius 2 is 1.83 bits per heavy atom. The van der Waals surface area contributed by atoms with Gasteiger partial charge in [0.15, 0.2) is 0 Å². The fourth-order valence-corrected chi connectivity index (χ4v) is 3.95. The second kappa shape index (κ2) is 11.6. The highest BCUT2D eigenvalue weighted by Gasteiger charge is 2.19. The average molecular weight is 474 g/mol. The third-order valence-corrected chi connectivity index (χ3v) is 6.22. The molecular formula is C29H32FN3O2. The van der Waals surface area contributed by atoms with Gasteiger partial charge < -0.3 is 4.74 Å². The molecule has 3 aromatic rings. The molecule has 0 aliphatic rings. The Hall–Kier alpha value is -3.72. The summed E-state index contributed by atoms with van der Waals surface area (Å²) >= 11 is 0. The van der Waals surface area contributed by atoms with Crippen molar-refractivity contribution < 1.29 is 9.13 Å². The van der Waals surface area contributed by atoms with Gasteiger partial charge >= 0.3 is 0 Å². The Morgan fingerprint density at radius 3 is 2.40 bits per heavy atom. The van der Waals surface area contributed by atoms with Crippen LogP contribution in [-0.4, -0.2) is 16.7 Å². The van der Waals surface area contributed by atoms with E-state index in [0.717, 1.165) is 19.3 Å². The highest BCUT2D eigenvalue weighted by molar-refractivity contribution is 5.81. The molecule has 1 atom stereocenters. The van der Waals surface area contributed by atoms with E-state index in [4.69, 9.17) is 15.0 Å². The molecule has 1 heterocycles. The molecule has 3 rings (SSSR count). The van der Waals surface area contributed by atoms with Crippen molar-refractivity contribution in [3.05, 3.63) is 76.1 Å². The summed E-state index contributed by atoms with van der Waals surface area (Å²) in [5.41, 5.74) is 1.53. The minimum atomic E-state index is -0.648. The molecular weight excluding hydrogens is 441 g/mol. The van der Waals surface area contributed by atoms with E-state index in [-0.39, 0.29) is 11.1 Å². The van der Waals surface area contributed by atoms with Gasteiger partial charge in [0.25, 0.3) is 5.56 Å². The van der Waals surface area contributed by atoms with E-state index < -0.39 is 5.82 Å². The smallest absolute Gasteiger partial charge is 0.262 e. The van der Waals surface area contributed by atoms with Crippen molar-refractivity contribution in [2.45, 2.75) is 40.0 Å². The maximum absolute atomic E-state index is 14.5. The third-order valence-electron chi connectivity index (χ3n) is 6.22. The van der Waals surface area contributed by atoms with Crippen LogP contribution in [-0.2, 0) is 7.05 Å². The minimum Gasteiger partial charge on any atom is -0.497 e. The molecule has 35 heavy (non-hydrogen) atoms. The van der Waals surface area contributed by atoms with Crippen LogP contribution in [0.5, 0.6) is 5.75 Å². The monoisotopic (exact) mass is 473 g/mol. The normalized spacial score (nSPS) is 12.2. The molecule has 0 N–H and O–H groups in total. The summed E-state index contributed by atoms with van der Waals surface area (Å²) in [5, 5.41) is 9.13. The van der Waals surface area contributed by atoms with Crippen LogP contribution in [0.2, 0.25) is 0 Å². The fourth-order valence-electron chi connectivity index (χ4n) is 3.95. The fraction of sp³-hybridized carbons (Fsp3) is 0.345. The molecule has 6 heteroatoms. The first-order valence-electron chi connectivity index (χ1n) is 11.9. The van der Waals surface area contributed by atoms with Gasteiger partial charge in [0.1, 0.15) is 23.5 Å². The van der Waals surface area contributed by atoms with Crippen LogP contribution in [0.25, 0.3) is 28.5 Å². The Balaban J connectivity index is 2.18. The lowest BCUT2D eigenvalue weighted by molar-refractivity contribution is 0.415. The summed E-state index contributed by atoms with van der Waals surface area (Å²) in [6, 6.07) is 13.3. The zero-order valence-electron chi connectivity index (χ0n) is 21.0. The minimum absolute atomic E-state index is 0.0559. The van der Waals surface area contributed by atoms with Crippen molar-refractivity contribution in [2.75, 3.05) is 7.11 Å². The topological polar surface area (TPSA) is 67.9 Å². The van der Waals surface area contributed by atoms with Gasteiger partial charge in [0.2, 0.25) is 0 Å². The van der Waals surface area contributed by atoms with Crippen molar-refractivity contribution in [1.82, 2.24) is 9.55 Å². The van der Waals surface area contributed by atoms with Crippen LogP contribution < -0.4 is 10.3 Å². The molecule has 0 spiro atoms. The molecule has 1 aromatic heterocycles. The number of nitrogens with zero attached hydrogens (tertiary/aromatic N) is 3. The lowest BCUT2D eigenvalue weighted by Gasteiger charge is -2.15. The lowest BCUT2D eigenvalue weighted by Crippen LogP contribution is -2.23. The molecule has 0 bridgehead atoms. The molecule has 0 radical (unpaired) electrons. The molecule has 0 amide bonds. The molecule has 0 fully saturated rings. The lowest BCUT2D eigenvalue weighted by atomic mass is 9.95. The number of hydrogen-bond donors (Lipinski definition) is 0. The number of nitriles is 1. The third kappa shape index (κ3) is 6.05. The number of methoxy groups -OCH3 is 1. The van der Waals surface area contributed by atoms with Crippen LogP contribution in [0.3, 0.4) is 0 Å². The van der Waals surface area contributed by atoms with E-state index in [1.807, 2.05) is 12.1 Å². The van der Waals surface area contributed by atoms with Crippen molar-refractivity contribution in [3.63, 3.8) is 0 Å². The second-order valence-corrected chi connectivity index (χ2v) is 9.09. The zero-order chi connectivity index (χ0) is 25.5. The summed E-state index contributed by atoms with van der Waals surface area (Å²) in [6.07, 6.45) is 7.18. The largest absolute Gasteiger partial charge is 0.497 e. The van der Waals surface area contributed by atoms with Gasteiger partial charge in [-0.15, -0.1) is 0 Å². The van der Waals surface area contributed by atoms with Gasteiger partial charge in [-0.1, -0.05) is 51.5 Å². The predicted molar refractivity (Wildman–Crippen MR) is 138 cm³/mol. The number of aromatic nitrogens is 2. The summed E-state index contributed by atoms with van der Waals surface area (Å²) < 4.78 is 21.3. The highest BCUT2D eigenvalue weighted by Crippen LogP contribution is 2.30. The van der Waals surface area contributed by atoms with Crippen molar-refractivity contribution in [2.24, 2.45) is 18.9 Å². The summed E-state index contributed by atoms with van der Waals surface area (Å²) in [5.74, 6) is 1.52. The Labute approximate surface area is 206 Å². The van der Waals surface area contributed by atoms with Gasteiger partial charge in [-0.3, -0.25) is 9.36 Å². The SMILES string of the molecule is CCC(/C=C/c1nc(-c2ccc(C#N)c(F)c2)c(-c2ccc(OC)cc2)c(=O)n1C)CCC(C)C. The Morgan fingerprint density at radius 1 is 1.14 bits per heavy atom. The molecule has 182 valence electrons. The van der Waals surface area contributed by atoms with Crippen LogP contribution in [0.4, 0.5) is 4.39 Å². The van der Waals surface area contributed by atoms with Gasteiger partial charge in [-0.2, -0.15) is 5.26 Å². The standard InChI is InChI=1S/C29H32FN3O2/c1-6-20(8-7-19(2)3)9-16-26-32-28(22-10-11-23(18-31)25(30)17-22)27(29(34)33(26)4)21-12-14-24(35-5)15-13-21/h9-17,19-20H,6-8H2,1-5H3/b16-9+. The average Bonchev–Trinajstić information content (AvgIpc) is 2.86. The summed E-state index contributed by atoms with van der Waals surface area (Å²) in [6.45, 7) is 6.57. The molecule has 0 saturated carbocycles. The summed E-state index contributed by atoms with van der Waals surface area (Å²) in [4.78, 5) is 18.4. The number of hydrogen-bond acceptors (Lipinski definition) is 4. The number of ether oxygens (including phenoxy) is 1. The zero-order valence-corrected chi connectivity index (χ0v) is 21.0. The van der Waals surface area contributed by atoms with Crippen LogP contribution >= 0.6 is 0 Å². The van der Waals surface area contributed by atoms with E-state index >= 15 is 0 Å². The number of allylic oxidation sites excluding steroid dienone is 1.